The highest BCUT2D eigenvalue weighted by molar-refractivity contribution is 5.80. The highest BCUT2D eigenvalue weighted by atomic mass is 16.2. The van der Waals surface area contributed by atoms with E-state index in [1.807, 2.05) is 22.8 Å². The van der Waals surface area contributed by atoms with Crippen molar-refractivity contribution >= 4 is 0 Å². The van der Waals surface area contributed by atoms with Gasteiger partial charge in [-0.2, -0.15) is 5.10 Å². The standard InChI is InChI=1S/C28H37N7O/c1-3-5-7-8-9-10-15-26-31-35(20-6-4-2)28(36)34(26)21-22-16-18-23(19-17-22)24-13-11-12-14-25(24)27-29-32-33-30-27/h11-14,16-19H,3-10,15,20-21H2,1-2H3,(H,29,30,32,33). The van der Waals surface area contributed by atoms with Gasteiger partial charge < -0.3 is 0 Å². The Labute approximate surface area is 212 Å². The van der Waals surface area contributed by atoms with Crippen LogP contribution in [0.5, 0.6) is 0 Å². The van der Waals surface area contributed by atoms with Crippen molar-refractivity contribution in [2.75, 3.05) is 0 Å². The zero-order chi connectivity index (χ0) is 25.2. The zero-order valence-electron chi connectivity index (χ0n) is 21.5. The van der Waals surface area contributed by atoms with Crippen LogP contribution in [0.4, 0.5) is 0 Å². The smallest absolute Gasteiger partial charge is 0.274 e. The number of hydrogen-bond donors (Lipinski definition) is 1. The highest BCUT2D eigenvalue weighted by Crippen LogP contribution is 2.29. The van der Waals surface area contributed by atoms with Crippen LogP contribution < -0.4 is 5.69 Å². The molecule has 0 aliphatic carbocycles. The molecule has 8 heteroatoms. The van der Waals surface area contributed by atoms with Crippen molar-refractivity contribution in [3.63, 3.8) is 0 Å². The molecule has 0 radical (unpaired) electrons. The Hall–Kier alpha value is -3.55. The minimum Gasteiger partial charge on any atom is -0.274 e. The number of aromatic amines is 1. The van der Waals surface area contributed by atoms with Crippen molar-refractivity contribution in [2.45, 2.75) is 84.7 Å². The van der Waals surface area contributed by atoms with Crippen LogP contribution in [-0.4, -0.2) is 35.0 Å². The topological polar surface area (TPSA) is 94.3 Å². The van der Waals surface area contributed by atoms with Gasteiger partial charge in [0.25, 0.3) is 0 Å². The number of aryl methyl sites for hydroxylation is 2. The van der Waals surface area contributed by atoms with E-state index in [-0.39, 0.29) is 5.69 Å². The second-order valence-electron chi connectivity index (χ2n) is 9.37. The van der Waals surface area contributed by atoms with E-state index in [1.165, 1.54) is 32.1 Å². The van der Waals surface area contributed by atoms with Crippen LogP contribution in [0.25, 0.3) is 22.5 Å². The van der Waals surface area contributed by atoms with E-state index in [4.69, 9.17) is 5.10 Å². The molecule has 2 heterocycles. The quantitative estimate of drug-likeness (QED) is 0.232. The summed E-state index contributed by atoms with van der Waals surface area (Å²) in [4.78, 5) is 13.2. The van der Waals surface area contributed by atoms with Gasteiger partial charge in [0.2, 0.25) is 0 Å². The molecular formula is C28H37N7O. The normalized spacial score (nSPS) is 11.3. The summed E-state index contributed by atoms with van der Waals surface area (Å²) in [5.74, 6) is 1.54. The van der Waals surface area contributed by atoms with Crippen molar-refractivity contribution in [3.8, 4) is 22.5 Å². The molecule has 0 fully saturated rings. The Bertz CT molecular complexity index is 1260. The molecule has 8 nitrogen and oxygen atoms in total. The number of nitrogens with one attached hydrogen (secondary N) is 1. The van der Waals surface area contributed by atoms with Crippen LogP contribution in [0.2, 0.25) is 0 Å². The van der Waals surface area contributed by atoms with Crippen molar-refractivity contribution in [1.82, 2.24) is 35.0 Å². The lowest BCUT2D eigenvalue weighted by atomic mass is 9.98. The molecule has 0 saturated carbocycles. The van der Waals surface area contributed by atoms with E-state index < -0.39 is 0 Å². The predicted molar refractivity (Wildman–Crippen MR) is 143 cm³/mol. The number of tetrazole rings is 1. The number of unbranched alkanes of at least 4 members (excludes halogenated alkanes) is 6. The molecule has 190 valence electrons. The summed E-state index contributed by atoms with van der Waals surface area (Å²) < 4.78 is 3.52. The maximum absolute atomic E-state index is 13.2. The van der Waals surface area contributed by atoms with Crippen molar-refractivity contribution in [3.05, 3.63) is 70.4 Å². The molecule has 0 unspecified atom stereocenters. The van der Waals surface area contributed by atoms with Crippen molar-refractivity contribution in [1.29, 1.82) is 0 Å². The predicted octanol–water partition coefficient (Wildman–Crippen LogP) is 5.64. The van der Waals surface area contributed by atoms with Crippen LogP contribution in [0.15, 0.2) is 53.3 Å². The largest absolute Gasteiger partial charge is 0.346 e. The lowest BCUT2D eigenvalue weighted by Crippen LogP contribution is -2.26. The minimum absolute atomic E-state index is 0.00308. The molecule has 0 aliphatic rings. The average molecular weight is 488 g/mol. The summed E-state index contributed by atoms with van der Waals surface area (Å²) >= 11 is 0. The summed E-state index contributed by atoms with van der Waals surface area (Å²) in [6.45, 7) is 5.58. The summed E-state index contributed by atoms with van der Waals surface area (Å²) in [5.41, 5.74) is 4.15. The fraction of sp³-hybridized carbons (Fsp3) is 0.464. The van der Waals surface area contributed by atoms with Gasteiger partial charge in [-0.05, 0) is 40.0 Å². The number of nitrogens with zero attached hydrogens (tertiary/aromatic N) is 6. The highest BCUT2D eigenvalue weighted by Gasteiger charge is 2.14. The Morgan fingerprint density at radius 3 is 2.28 bits per heavy atom. The van der Waals surface area contributed by atoms with Gasteiger partial charge in [0.1, 0.15) is 5.82 Å². The zero-order valence-corrected chi connectivity index (χ0v) is 21.5. The molecule has 2 aromatic carbocycles. The number of H-pyrrole nitrogens is 1. The first kappa shape index (κ1) is 25.5. The van der Waals surface area contributed by atoms with E-state index in [0.717, 1.165) is 53.8 Å². The maximum Gasteiger partial charge on any atom is 0.346 e. The van der Waals surface area contributed by atoms with E-state index in [0.29, 0.717) is 18.9 Å². The third-order valence-corrected chi connectivity index (χ3v) is 6.61. The number of rotatable bonds is 14. The van der Waals surface area contributed by atoms with Crippen LogP contribution in [0.1, 0.15) is 76.6 Å². The second-order valence-corrected chi connectivity index (χ2v) is 9.37. The third-order valence-electron chi connectivity index (χ3n) is 6.61. The summed E-state index contributed by atoms with van der Waals surface area (Å²) in [7, 11) is 0. The monoisotopic (exact) mass is 487 g/mol. The second kappa shape index (κ2) is 13.0. The van der Waals surface area contributed by atoms with Gasteiger partial charge in [-0.25, -0.2) is 14.6 Å². The van der Waals surface area contributed by atoms with E-state index in [1.54, 1.807) is 4.68 Å². The summed E-state index contributed by atoms with van der Waals surface area (Å²) in [6, 6.07) is 16.4. The number of aromatic nitrogens is 7. The van der Waals surface area contributed by atoms with Gasteiger partial charge >= 0.3 is 5.69 Å². The molecule has 0 aliphatic heterocycles. The summed E-state index contributed by atoms with van der Waals surface area (Å²) in [6.07, 6.45) is 10.2. The molecule has 0 spiro atoms. The molecule has 2 aromatic heterocycles. The van der Waals surface area contributed by atoms with E-state index in [9.17, 15) is 4.79 Å². The van der Waals surface area contributed by atoms with Crippen molar-refractivity contribution < 1.29 is 0 Å². The molecule has 0 saturated heterocycles. The molecule has 0 atom stereocenters. The maximum atomic E-state index is 13.2. The van der Waals surface area contributed by atoms with Gasteiger partial charge in [-0.3, -0.25) is 4.57 Å². The van der Waals surface area contributed by atoms with E-state index >= 15 is 0 Å². The lowest BCUT2D eigenvalue weighted by molar-refractivity contribution is 0.543. The van der Waals surface area contributed by atoms with Crippen LogP contribution in [0.3, 0.4) is 0 Å². The van der Waals surface area contributed by atoms with Gasteiger partial charge in [0.05, 0.1) is 6.54 Å². The molecule has 4 rings (SSSR count). The van der Waals surface area contributed by atoms with Crippen molar-refractivity contribution in [2.24, 2.45) is 0 Å². The fourth-order valence-corrected chi connectivity index (χ4v) is 4.53. The van der Waals surface area contributed by atoms with E-state index in [2.05, 4.69) is 64.8 Å². The van der Waals surface area contributed by atoms with Gasteiger partial charge in [0.15, 0.2) is 5.82 Å². The average Bonchev–Trinajstić information content (AvgIpc) is 3.55. The SMILES string of the molecule is CCCCCCCCc1nn(CCCC)c(=O)n1Cc1ccc(-c2ccccc2-c2nnn[nH]2)cc1. The fourth-order valence-electron chi connectivity index (χ4n) is 4.53. The van der Waals surface area contributed by atoms with Crippen LogP contribution in [0, 0.1) is 0 Å². The Morgan fingerprint density at radius 1 is 0.833 bits per heavy atom. The van der Waals surface area contributed by atoms with Crippen LogP contribution >= 0.6 is 0 Å². The van der Waals surface area contributed by atoms with Crippen LogP contribution in [-0.2, 0) is 19.5 Å². The molecular weight excluding hydrogens is 450 g/mol. The van der Waals surface area contributed by atoms with Gasteiger partial charge in [-0.1, -0.05) is 101 Å². The lowest BCUT2D eigenvalue weighted by Gasteiger charge is -2.09. The molecule has 36 heavy (non-hydrogen) atoms. The number of hydrogen-bond acceptors (Lipinski definition) is 5. The molecule has 4 aromatic rings. The Balaban J connectivity index is 1.51. The Morgan fingerprint density at radius 2 is 1.56 bits per heavy atom. The van der Waals surface area contributed by atoms with Gasteiger partial charge in [0, 0.05) is 18.5 Å². The number of benzene rings is 2. The molecule has 1 N–H and O–H groups in total. The third kappa shape index (κ3) is 6.36. The molecule has 0 amide bonds. The first-order valence-electron chi connectivity index (χ1n) is 13.3. The van der Waals surface area contributed by atoms with Gasteiger partial charge in [-0.15, -0.1) is 5.10 Å². The Kier molecular flexibility index (Phi) is 9.19. The first-order chi connectivity index (χ1) is 17.7. The minimum atomic E-state index is -0.00308. The first-order valence-corrected chi connectivity index (χ1v) is 13.3. The summed E-state index contributed by atoms with van der Waals surface area (Å²) in [5, 5.41) is 19.1. The molecule has 0 bridgehead atoms.